The van der Waals surface area contributed by atoms with E-state index in [1.54, 1.807) is 0 Å². The van der Waals surface area contributed by atoms with E-state index in [1.807, 2.05) is 0 Å². The van der Waals surface area contributed by atoms with Crippen LogP contribution in [0.4, 0.5) is 5.69 Å². The van der Waals surface area contributed by atoms with Crippen molar-refractivity contribution in [3.05, 3.63) is 29.8 Å². The number of nitrogens with two attached hydrogens (primary N) is 1. The zero-order valence-electron chi connectivity index (χ0n) is 19.8. The van der Waals surface area contributed by atoms with Crippen LogP contribution in [0.15, 0.2) is 29.3 Å². The highest BCUT2D eigenvalue weighted by molar-refractivity contribution is 14.0. The van der Waals surface area contributed by atoms with Crippen LogP contribution in [0.2, 0.25) is 0 Å². The molecule has 180 valence electrons. The fourth-order valence-corrected chi connectivity index (χ4v) is 4.67. The van der Waals surface area contributed by atoms with E-state index in [2.05, 4.69) is 58.1 Å². The van der Waals surface area contributed by atoms with Crippen LogP contribution in [0.3, 0.4) is 0 Å². The van der Waals surface area contributed by atoms with E-state index in [9.17, 15) is 4.79 Å². The molecule has 3 rings (SSSR count). The molecule has 0 aliphatic carbocycles. The number of primary amides is 1. The zero-order chi connectivity index (χ0) is 22.1. The summed E-state index contributed by atoms with van der Waals surface area (Å²) in [5, 5.41) is 3.43. The molecule has 2 saturated heterocycles. The van der Waals surface area contributed by atoms with Gasteiger partial charge in [0.05, 0.1) is 0 Å². The van der Waals surface area contributed by atoms with E-state index in [-0.39, 0.29) is 29.9 Å². The van der Waals surface area contributed by atoms with Gasteiger partial charge in [-0.15, -0.1) is 24.0 Å². The van der Waals surface area contributed by atoms with Gasteiger partial charge in [-0.25, -0.2) is 0 Å². The Morgan fingerprint density at radius 1 is 1.22 bits per heavy atom. The van der Waals surface area contributed by atoms with Gasteiger partial charge in [-0.1, -0.05) is 12.1 Å². The van der Waals surface area contributed by atoms with E-state index in [0.717, 1.165) is 84.1 Å². The fourth-order valence-electron chi connectivity index (χ4n) is 4.67. The van der Waals surface area contributed by atoms with Gasteiger partial charge in [0.15, 0.2) is 5.96 Å². The Hall–Kier alpha value is -1.55. The molecule has 8 heteroatoms. The normalized spacial score (nSPS) is 20.1. The van der Waals surface area contributed by atoms with Gasteiger partial charge in [-0.3, -0.25) is 14.7 Å². The van der Waals surface area contributed by atoms with Gasteiger partial charge in [-0.2, -0.15) is 0 Å². The molecule has 2 aliphatic heterocycles. The second kappa shape index (κ2) is 13.9. The highest BCUT2D eigenvalue weighted by Gasteiger charge is 2.23. The summed E-state index contributed by atoms with van der Waals surface area (Å²) in [7, 11) is 0. The average molecular weight is 557 g/mol. The molecule has 0 aromatic heterocycles. The molecule has 0 spiro atoms. The van der Waals surface area contributed by atoms with Crippen molar-refractivity contribution in [1.82, 2.24) is 15.1 Å². The van der Waals surface area contributed by atoms with Gasteiger partial charge in [0.1, 0.15) is 0 Å². The minimum absolute atomic E-state index is 0. The third kappa shape index (κ3) is 8.42. The third-order valence-corrected chi connectivity index (χ3v) is 6.28. The van der Waals surface area contributed by atoms with Gasteiger partial charge in [0, 0.05) is 71.0 Å². The van der Waals surface area contributed by atoms with Crippen LogP contribution in [-0.4, -0.2) is 80.6 Å². The molecule has 3 N–H and O–H groups in total. The molecule has 1 aromatic carbocycles. The smallest absolute Gasteiger partial charge is 0.217 e. The molecule has 1 atom stereocenters. The zero-order valence-corrected chi connectivity index (χ0v) is 22.1. The summed E-state index contributed by atoms with van der Waals surface area (Å²) in [4.78, 5) is 23.5. The molecule has 1 amide bonds. The average Bonchev–Trinajstić information content (AvgIpc) is 2.76. The number of halogens is 1. The van der Waals surface area contributed by atoms with Crippen molar-refractivity contribution in [2.75, 3.05) is 63.8 Å². The molecule has 7 nitrogen and oxygen atoms in total. The van der Waals surface area contributed by atoms with Crippen LogP contribution in [-0.2, 0) is 4.79 Å². The second-order valence-electron chi connectivity index (χ2n) is 8.88. The van der Waals surface area contributed by atoms with Crippen molar-refractivity contribution in [1.29, 1.82) is 0 Å². The first-order valence-electron chi connectivity index (χ1n) is 11.9. The quantitative estimate of drug-likeness (QED) is 0.223. The van der Waals surface area contributed by atoms with E-state index < -0.39 is 0 Å². The van der Waals surface area contributed by atoms with Crippen molar-refractivity contribution in [2.45, 2.75) is 39.5 Å². The molecule has 1 unspecified atom stereocenters. The minimum Gasteiger partial charge on any atom is -0.370 e. The lowest BCUT2D eigenvalue weighted by molar-refractivity contribution is -0.119. The molecule has 2 heterocycles. The Morgan fingerprint density at radius 2 is 2.00 bits per heavy atom. The number of aryl methyl sites for hydroxylation is 1. The van der Waals surface area contributed by atoms with Crippen molar-refractivity contribution >= 4 is 41.5 Å². The molecule has 32 heavy (non-hydrogen) atoms. The van der Waals surface area contributed by atoms with Gasteiger partial charge in [0.25, 0.3) is 0 Å². The number of amides is 1. The molecule has 1 aromatic rings. The van der Waals surface area contributed by atoms with Gasteiger partial charge in [-0.05, 0) is 56.7 Å². The number of carbonyl (C=O) groups excluding carboxylic acids is 1. The maximum absolute atomic E-state index is 11.3. The number of carbonyl (C=O) groups is 1. The maximum atomic E-state index is 11.3. The molecular formula is C24H41IN6O. The van der Waals surface area contributed by atoms with Crippen LogP contribution < -0.4 is 16.0 Å². The molecule has 2 aliphatic rings. The predicted octanol–water partition coefficient (Wildman–Crippen LogP) is 2.68. The Balaban J connectivity index is 0.00000363. The minimum atomic E-state index is -0.198. The van der Waals surface area contributed by atoms with Crippen molar-refractivity contribution in [3.63, 3.8) is 0 Å². The van der Waals surface area contributed by atoms with Gasteiger partial charge >= 0.3 is 0 Å². The van der Waals surface area contributed by atoms with Crippen molar-refractivity contribution in [3.8, 4) is 0 Å². The summed E-state index contributed by atoms with van der Waals surface area (Å²) in [6.45, 7) is 13.3. The van der Waals surface area contributed by atoms with Crippen LogP contribution in [0.5, 0.6) is 0 Å². The number of piperazine rings is 1. The lowest BCUT2D eigenvalue weighted by Gasteiger charge is -2.36. The number of nitrogens with zero attached hydrogens (tertiary/aromatic N) is 4. The van der Waals surface area contributed by atoms with Gasteiger partial charge < -0.3 is 20.9 Å². The van der Waals surface area contributed by atoms with Crippen LogP contribution >= 0.6 is 24.0 Å². The summed E-state index contributed by atoms with van der Waals surface area (Å²) in [6, 6.07) is 8.80. The number of hydrogen-bond donors (Lipinski definition) is 2. The van der Waals surface area contributed by atoms with Crippen LogP contribution in [0.1, 0.15) is 38.2 Å². The molecule has 0 bridgehead atoms. The highest BCUT2D eigenvalue weighted by atomic mass is 127. The maximum Gasteiger partial charge on any atom is 0.217 e. The fraction of sp³-hybridized carbons (Fsp3) is 0.667. The Kier molecular flexibility index (Phi) is 11.6. The number of likely N-dealkylation sites (tertiary alicyclic amines) is 1. The number of nitrogens with one attached hydrogen (secondary N) is 1. The Bertz CT molecular complexity index is 735. The summed E-state index contributed by atoms with van der Waals surface area (Å²) >= 11 is 0. The third-order valence-electron chi connectivity index (χ3n) is 6.28. The SMILES string of the molecule is CCNC(=NCCCN1CCN(c2cccc(C)c2)CC1)N1CCCC(CC(N)=O)C1.I. The molecule has 0 radical (unpaired) electrons. The summed E-state index contributed by atoms with van der Waals surface area (Å²) in [6.07, 6.45) is 3.71. The van der Waals surface area contributed by atoms with Crippen molar-refractivity contribution in [2.24, 2.45) is 16.6 Å². The van der Waals surface area contributed by atoms with E-state index >= 15 is 0 Å². The first-order valence-corrected chi connectivity index (χ1v) is 11.9. The number of benzene rings is 1. The Labute approximate surface area is 210 Å². The first kappa shape index (κ1) is 26.7. The topological polar surface area (TPSA) is 77.2 Å². The lowest BCUT2D eigenvalue weighted by atomic mass is 9.95. The standard InChI is InChI=1S/C24H40N6O.HI/c1-3-26-24(30-12-5-8-21(19-30)18-23(25)31)27-10-6-11-28-13-15-29(16-14-28)22-9-4-7-20(2)17-22;/h4,7,9,17,21H,3,5-6,8,10-16,18-19H2,1-2H3,(H2,25,31)(H,26,27);1H. The predicted molar refractivity (Wildman–Crippen MR) is 144 cm³/mol. The van der Waals surface area contributed by atoms with Crippen LogP contribution in [0, 0.1) is 12.8 Å². The van der Waals surface area contributed by atoms with E-state index in [4.69, 9.17) is 10.7 Å². The molecule has 2 fully saturated rings. The summed E-state index contributed by atoms with van der Waals surface area (Å²) in [5.74, 6) is 1.14. The summed E-state index contributed by atoms with van der Waals surface area (Å²) in [5.41, 5.74) is 8.08. The Morgan fingerprint density at radius 3 is 2.69 bits per heavy atom. The second-order valence-corrected chi connectivity index (χ2v) is 8.88. The number of hydrogen-bond acceptors (Lipinski definition) is 4. The number of rotatable bonds is 8. The number of anilines is 1. The summed E-state index contributed by atoms with van der Waals surface area (Å²) < 4.78 is 0. The largest absolute Gasteiger partial charge is 0.370 e. The van der Waals surface area contributed by atoms with E-state index in [0.29, 0.717) is 12.3 Å². The number of guanidine groups is 1. The number of piperidine rings is 1. The van der Waals surface area contributed by atoms with Gasteiger partial charge in [0.2, 0.25) is 5.91 Å². The van der Waals surface area contributed by atoms with Crippen molar-refractivity contribution < 1.29 is 4.79 Å². The first-order chi connectivity index (χ1) is 15.0. The molecular weight excluding hydrogens is 515 g/mol. The highest BCUT2D eigenvalue weighted by Crippen LogP contribution is 2.20. The van der Waals surface area contributed by atoms with Crippen LogP contribution in [0.25, 0.3) is 0 Å². The monoisotopic (exact) mass is 556 g/mol. The molecule has 0 saturated carbocycles. The lowest BCUT2D eigenvalue weighted by Crippen LogP contribution is -2.47. The number of aliphatic imine (C=N–C) groups is 1. The van der Waals surface area contributed by atoms with E-state index in [1.165, 1.54) is 11.3 Å².